The Labute approximate surface area is 130 Å². The zero-order valence-electron chi connectivity index (χ0n) is 13.4. The average molecular weight is 283 g/mol. The Balaban J connectivity index is 1.91. The van der Waals surface area contributed by atoms with E-state index in [-0.39, 0.29) is 0 Å². The van der Waals surface area contributed by atoms with E-state index in [9.17, 15) is 0 Å². The van der Waals surface area contributed by atoms with E-state index in [0.29, 0.717) is 6.04 Å². The molecule has 1 nitrogen and oxygen atoms in total. The maximum Gasteiger partial charge on any atom is 0.0720 e. The molecule has 1 aromatic rings. The van der Waals surface area contributed by atoms with Crippen LogP contribution in [0, 0.1) is 17.8 Å². The highest BCUT2D eigenvalue weighted by Gasteiger charge is 2.21. The smallest absolute Gasteiger partial charge is 0.0720 e. The van der Waals surface area contributed by atoms with Crippen LogP contribution in [0.15, 0.2) is 30.3 Å². The second-order valence-electron chi connectivity index (χ2n) is 6.17. The first-order valence-electron chi connectivity index (χ1n) is 8.66. The Kier molecular flexibility index (Phi) is 7.39. The number of rotatable bonds is 6. The van der Waals surface area contributed by atoms with Gasteiger partial charge in [-0.15, -0.1) is 5.92 Å². The first-order chi connectivity index (χ1) is 10.4. The van der Waals surface area contributed by atoms with Crippen molar-refractivity contribution in [2.45, 2.75) is 70.9 Å². The van der Waals surface area contributed by atoms with Gasteiger partial charge in [-0.25, -0.2) is 0 Å². The van der Waals surface area contributed by atoms with E-state index in [1.54, 1.807) is 0 Å². The second kappa shape index (κ2) is 9.64. The number of benzene rings is 1. The van der Waals surface area contributed by atoms with Crippen molar-refractivity contribution in [1.82, 2.24) is 5.32 Å². The van der Waals surface area contributed by atoms with Crippen LogP contribution in [0.25, 0.3) is 0 Å². The fourth-order valence-corrected chi connectivity index (χ4v) is 3.07. The number of unbranched alkanes of at least 4 members (excludes halogenated alkanes) is 2. The van der Waals surface area contributed by atoms with E-state index < -0.39 is 0 Å². The quantitative estimate of drug-likeness (QED) is 0.577. The summed E-state index contributed by atoms with van der Waals surface area (Å²) in [6, 6.07) is 11.1. The van der Waals surface area contributed by atoms with Crippen LogP contribution < -0.4 is 5.32 Å². The summed E-state index contributed by atoms with van der Waals surface area (Å²) in [5, 5.41) is 3.71. The third kappa shape index (κ3) is 5.94. The Morgan fingerprint density at radius 3 is 2.62 bits per heavy atom. The van der Waals surface area contributed by atoms with Gasteiger partial charge in [-0.05, 0) is 30.7 Å². The van der Waals surface area contributed by atoms with Gasteiger partial charge >= 0.3 is 0 Å². The molecule has 0 amide bonds. The van der Waals surface area contributed by atoms with Gasteiger partial charge in [0.1, 0.15) is 0 Å². The van der Waals surface area contributed by atoms with Crippen molar-refractivity contribution >= 4 is 0 Å². The van der Waals surface area contributed by atoms with Crippen LogP contribution in [0.1, 0.15) is 63.9 Å². The standard InChI is InChI=1S/C20H29N/c1-2-3-4-11-16-20(19-14-9-6-10-15-19)21-17-18-12-7-5-8-13-18/h5,7-8,12-13,19-21H,2-4,6,9-10,14-15,17H2,1H3. The van der Waals surface area contributed by atoms with E-state index >= 15 is 0 Å². The van der Waals surface area contributed by atoms with Crippen LogP contribution in [-0.4, -0.2) is 6.04 Å². The summed E-state index contributed by atoms with van der Waals surface area (Å²) >= 11 is 0. The van der Waals surface area contributed by atoms with E-state index in [4.69, 9.17) is 0 Å². The van der Waals surface area contributed by atoms with Crippen LogP contribution in [0.3, 0.4) is 0 Å². The molecule has 1 atom stereocenters. The van der Waals surface area contributed by atoms with E-state index in [1.165, 1.54) is 50.5 Å². The summed E-state index contributed by atoms with van der Waals surface area (Å²) in [7, 11) is 0. The Morgan fingerprint density at radius 1 is 1.14 bits per heavy atom. The van der Waals surface area contributed by atoms with Crippen molar-refractivity contribution < 1.29 is 0 Å². The van der Waals surface area contributed by atoms with Gasteiger partial charge in [-0.1, -0.05) is 68.9 Å². The third-order valence-corrected chi connectivity index (χ3v) is 4.40. The molecule has 1 unspecified atom stereocenters. The fourth-order valence-electron chi connectivity index (χ4n) is 3.07. The van der Waals surface area contributed by atoms with E-state index in [1.807, 2.05) is 0 Å². The van der Waals surface area contributed by atoms with Crippen molar-refractivity contribution in [2.75, 3.05) is 0 Å². The first kappa shape index (κ1) is 16.1. The van der Waals surface area contributed by atoms with Crippen LogP contribution in [0.4, 0.5) is 0 Å². The molecule has 1 fully saturated rings. The Bertz CT molecular complexity index is 434. The summed E-state index contributed by atoms with van der Waals surface area (Å²) < 4.78 is 0. The minimum Gasteiger partial charge on any atom is -0.299 e. The number of hydrogen-bond acceptors (Lipinski definition) is 1. The van der Waals surface area contributed by atoms with Gasteiger partial charge in [0.25, 0.3) is 0 Å². The van der Waals surface area contributed by atoms with Gasteiger partial charge in [0.15, 0.2) is 0 Å². The molecule has 2 rings (SSSR count). The normalized spacial score (nSPS) is 17.0. The molecule has 0 radical (unpaired) electrons. The molecule has 0 saturated heterocycles. The SMILES string of the molecule is CCCCC#CC(NCc1ccccc1)C1CCCCC1. The largest absolute Gasteiger partial charge is 0.299 e. The molecule has 1 heteroatoms. The summed E-state index contributed by atoms with van der Waals surface area (Å²) in [6.07, 6.45) is 10.4. The van der Waals surface area contributed by atoms with Crippen LogP contribution >= 0.6 is 0 Å². The molecular weight excluding hydrogens is 254 g/mol. The van der Waals surface area contributed by atoms with Gasteiger partial charge in [0.05, 0.1) is 6.04 Å². The molecule has 1 aromatic carbocycles. The zero-order chi connectivity index (χ0) is 14.8. The molecule has 0 bridgehead atoms. The van der Waals surface area contributed by atoms with Gasteiger partial charge < -0.3 is 0 Å². The fraction of sp³-hybridized carbons (Fsp3) is 0.600. The van der Waals surface area contributed by atoms with Crippen molar-refractivity contribution in [3.05, 3.63) is 35.9 Å². The lowest BCUT2D eigenvalue weighted by Crippen LogP contribution is -2.35. The predicted molar refractivity (Wildman–Crippen MR) is 90.9 cm³/mol. The highest BCUT2D eigenvalue weighted by Crippen LogP contribution is 2.26. The molecule has 1 saturated carbocycles. The monoisotopic (exact) mass is 283 g/mol. The van der Waals surface area contributed by atoms with Gasteiger partial charge in [-0.3, -0.25) is 5.32 Å². The molecule has 114 valence electrons. The first-order valence-corrected chi connectivity index (χ1v) is 8.66. The summed E-state index contributed by atoms with van der Waals surface area (Å²) in [5.41, 5.74) is 1.36. The molecular formula is C20H29N. The van der Waals surface area contributed by atoms with Crippen LogP contribution in [0.5, 0.6) is 0 Å². The summed E-state index contributed by atoms with van der Waals surface area (Å²) in [5.74, 6) is 7.69. The van der Waals surface area contributed by atoms with Gasteiger partial charge in [0, 0.05) is 13.0 Å². The predicted octanol–water partition coefficient (Wildman–Crippen LogP) is 4.92. The average Bonchev–Trinajstić information content (AvgIpc) is 2.56. The Morgan fingerprint density at radius 2 is 1.90 bits per heavy atom. The van der Waals surface area contributed by atoms with Crippen molar-refractivity contribution in [1.29, 1.82) is 0 Å². The number of nitrogens with one attached hydrogen (secondary N) is 1. The summed E-state index contributed by atoms with van der Waals surface area (Å²) in [4.78, 5) is 0. The lowest BCUT2D eigenvalue weighted by molar-refractivity contribution is 0.305. The molecule has 0 aromatic heterocycles. The molecule has 0 spiro atoms. The summed E-state index contributed by atoms with van der Waals surface area (Å²) in [6.45, 7) is 3.17. The highest BCUT2D eigenvalue weighted by molar-refractivity contribution is 5.16. The molecule has 1 aliphatic rings. The number of hydrogen-bond donors (Lipinski definition) is 1. The Hall–Kier alpha value is -1.26. The minimum absolute atomic E-state index is 0.377. The zero-order valence-corrected chi connectivity index (χ0v) is 13.4. The van der Waals surface area contributed by atoms with Crippen molar-refractivity contribution in [3.63, 3.8) is 0 Å². The van der Waals surface area contributed by atoms with E-state index in [0.717, 1.165) is 18.9 Å². The maximum absolute atomic E-state index is 3.71. The van der Waals surface area contributed by atoms with Crippen LogP contribution in [-0.2, 0) is 6.54 Å². The van der Waals surface area contributed by atoms with Crippen molar-refractivity contribution in [2.24, 2.45) is 5.92 Å². The topological polar surface area (TPSA) is 12.0 Å². The highest BCUT2D eigenvalue weighted by atomic mass is 14.9. The van der Waals surface area contributed by atoms with Gasteiger partial charge in [0.2, 0.25) is 0 Å². The minimum atomic E-state index is 0.377. The van der Waals surface area contributed by atoms with Crippen molar-refractivity contribution in [3.8, 4) is 11.8 Å². The van der Waals surface area contributed by atoms with E-state index in [2.05, 4.69) is 54.4 Å². The molecule has 21 heavy (non-hydrogen) atoms. The van der Waals surface area contributed by atoms with Crippen LogP contribution in [0.2, 0.25) is 0 Å². The second-order valence-corrected chi connectivity index (χ2v) is 6.17. The lowest BCUT2D eigenvalue weighted by atomic mass is 9.84. The molecule has 1 N–H and O–H groups in total. The molecule has 0 heterocycles. The maximum atomic E-state index is 3.71. The molecule has 0 aliphatic heterocycles. The van der Waals surface area contributed by atoms with Gasteiger partial charge in [-0.2, -0.15) is 0 Å². The lowest BCUT2D eigenvalue weighted by Gasteiger charge is -2.27. The molecule has 1 aliphatic carbocycles. The third-order valence-electron chi connectivity index (χ3n) is 4.40.